The Morgan fingerprint density at radius 1 is 1.25 bits per heavy atom. The van der Waals surface area contributed by atoms with Gasteiger partial charge in [0.1, 0.15) is 5.60 Å². The molecule has 4 heteroatoms. The van der Waals surface area contributed by atoms with E-state index in [-0.39, 0.29) is 13.2 Å². The number of rotatable bonds is 2. The molecule has 0 aromatic carbocycles. The lowest BCUT2D eigenvalue weighted by atomic mass is 10.0. The monoisotopic (exact) mass is 176 g/mol. The van der Waals surface area contributed by atoms with Crippen LogP contribution in [0.2, 0.25) is 0 Å². The number of aliphatic hydroxyl groups is 2. The average Bonchev–Trinajstić information content (AvgIpc) is 2.02. The zero-order chi connectivity index (χ0) is 9.24. The molecule has 4 nitrogen and oxygen atoms in total. The molecule has 2 N–H and O–H groups in total. The molecule has 0 saturated carbocycles. The van der Waals surface area contributed by atoms with E-state index in [4.69, 9.17) is 19.7 Å². The molecule has 1 fully saturated rings. The van der Waals surface area contributed by atoms with Crippen molar-refractivity contribution in [2.45, 2.75) is 31.7 Å². The quantitative estimate of drug-likeness (QED) is 0.616. The van der Waals surface area contributed by atoms with Crippen molar-refractivity contribution in [2.75, 3.05) is 19.8 Å². The molecule has 1 saturated heterocycles. The van der Waals surface area contributed by atoms with Gasteiger partial charge in [0, 0.05) is 6.42 Å². The van der Waals surface area contributed by atoms with Crippen LogP contribution in [-0.4, -0.2) is 41.4 Å². The summed E-state index contributed by atoms with van der Waals surface area (Å²) in [6, 6.07) is 0. The largest absolute Gasteiger partial charge is 0.393 e. The van der Waals surface area contributed by atoms with Crippen molar-refractivity contribution in [3.63, 3.8) is 0 Å². The molecule has 0 radical (unpaired) electrons. The predicted octanol–water partition coefficient (Wildman–Crippen LogP) is -0.117. The molecule has 1 aliphatic rings. The number of hydrogen-bond acceptors (Lipinski definition) is 4. The van der Waals surface area contributed by atoms with E-state index in [1.807, 2.05) is 0 Å². The average molecular weight is 176 g/mol. The van der Waals surface area contributed by atoms with Crippen molar-refractivity contribution >= 4 is 0 Å². The van der Waals surface area contributed by atoms with Gasteiger partial charge in [0.2, 0.25) is 0 Å². The van der Waals surface area contributed by atoms with Crippen molar-refractivity contribution in [3.8, 4) is 0 Å². The Hall–Kier alpha value is -0.160. The van der Waals surface area contributed by atoms with Crippen LogP contribution in [0.5, 0.6) is 0 Å². The Balaban J connectivity index is 2.65. The number of hydrogen-bond donors (Lipinski definition) is 2. The maximum atomic E-state index is 9.03. The molecule has 1 rings (SSSR count). The third-order valence-corrected chi connectivity index (χ3v) is 2.05. The molecule has 0 aromatic heterocycles. The molecular weight excluding hydrogens is 160 g/mol. The number of aliphatic hydroxyl groups excluding tert-OH is 2. The van der Waals surface area contributed by atoms with E-state index in [0.29, 0.717) is 13.0 Å². The second kappa shape index (κ2) is 3.30. The van der Waals surface area contributed by atoms with Crippen LogP contribution in [0.1, 0.15) is 20.3 Å². The highest BCUT2D eigenvalue weighted by Gasteiger charge is 2.40. The van der Waals surface area contributed by atoms with Crippen molar-refractivity contribution in [1.29, 1.82) is 0 Å². The summed E-state index contributed by atoms with van der Waals surface area (Å²) in [5.74, 6) is -0.705. The summed E-state index contributed by atoms with van der Waals surface area (Å²) in [6.45, 7) is 3.71. The van der Waals surface area contributed by atoms with Gasteiger partial charge in [-0.25, -0.2) is 0 Å². The molecule has 0 atom stereocenters. The lowest BCUT2D eigenvalue weighted by molar-refractivity contribution is -0.323. The van der Waals surface area contributed by atoms with Gasteiger partial charge in [-0.1, -0.05) is 0 Å². The Morgan fingerprint density at radius 2 is 1.83 bits per heavy atom. The maximum absolute atomic E-state index is 9.03. The van der Waals surface area contributed by atoms with Crippen LogP contribution >= 0.6 is 0 Å². The van der Waals surface area contributed by atoms with Gasteiger partial charge in [0.05, 0.1) is 19.8 Å². The lowest BCUT2D eigenvalue weighted by Gasteiger charge is -2.43. The molecule has 1 aliphatic heterocycles. The minimum Gasteiger partial charge on any atom is -0.393 e. The van der Waals surface area contributed by atoms with Gasteiger partial charge < -0.3 is 19.7 Å². The van der Waals surface area contributed by atoms with Crippen LogP contribution in [0.25, 0.3) is 0 Å². The molecule has 0 unspecified atom stereocenters. The molecule has 1 heterocycles. The van der Waals surface area contributed by atoms with Crippen molar-refractivity contribution in [3.05, 3.63) is 0 Å². The highest BCUT2D eigenvalue weighted by molar-refractivity contribution is 4.84. The first-order valence-corrected chi connectivity index (χ1v) is 4.09. The van der Waals surface area contributed by atoms with E-state index in [9.17, 15) is 0 Å². The molecule has 0 spiro atoms. The Kier molecular flexibility index (Phi) is 2.73. The van der Waals surface area contributed by atoms with Gasteiger partial charge in [-0.15, -0.1) is 0 Å². The van der Waals surface area contributed by atoms with Crippen LogP contribution in [-0.2, 0) is 9.47 Å². The standard InChI is InChI=1S/C8H16O4/c1-7(2)11-4-3-8(5-9,6-10)12-7/h9-10H,3-6H2,1-2H3. The van der Waals surface area contributed by atoms with E-state index in [1.54, 1.807) is 13.8 Å². The maximum Gasteiger partial charge on any atom is 0.163 e. The molecule has 12 heavy (non-hydrogen) atoms. The van der Waals surface area contributed by atoms with Gasteiger partial charge in [0.25, 0.3) is 0 Å². The summed E-state index contributed by atoms with van der Waals surface area (Å²) in [6.07, 6.45) is 0.531. The third-order valence-electron chi connectivity index (χ3n) is 2.05. The van der Waals surface area contributed by atoms with E-state index < -0.39 is 11.4 Å². The van der Waals surface area contributed by atoms with Crippen LogP contribution in [0.3, 0.4) is 0 Å². The van der Waals surface area contributed by atoms with Gasteiger partial charge >= 0.3 is 0 Å². The van der Waals surface area contributed by atoms with Crippen LogP contribution in [0.4, 0.5) is 0 Å². The number of ether oxygens (including phenoxy) is 2. The summed E-state index contributed by atoms with van der Waals surface area (Å²) < 4.78 is 10.7. The van der Waals surface area contributed by atoms with Gasteiger partial charge in [0.15, 0.2) is 5.79 Å². The van der Waals surface area contributed by atoms with Gasteiger partial charge in [-0.05, 0) is 13.8 Å². The first-order valence-electron chi connectivity index (χ1n) is 4.09. The zero-order valence-corrected chi connectivity index (χ0v) is 7.54. The van der Waals surface area contributed by atoms with Crippen molar-refractivity contribution < 1.29 is 19.7 Å². The van der Waals surface area contributed by atoms with E-state index >= 15 is 0 Å². The summed E-state index contributed by atoms with van der Waals surface area (Å²) in [4.78, 5) is 0. The fourth-order valence-corrected chi connectivity index (χ4v) is 1.36. The van der Waals surface area contributed by atoms with Gasteiger partial charge in [-0.2, -0.15) is 0 Å². The van der Waals surface area contributed by atoms with Crippen LogP contribution in [0, 0.1) is 0 Å². The van der Waals surface area contributed by atoms with Gasteiger partial charge in [-0.3, -0.25) is 0 Å². The zero-order valence-electron chi connectivity index (χ0n) is 7.54. The first kappa shape index (κ1) is 9.92. The van der Waals surface area contributed by atoms with Crippen molar-refractivity contribution in [1.82, 2.24) is 0 Å². The van der Waals surface area contributed by atoms with E-state index in [1.165, 1.54) is 0 Å². The van der Waals surface area contributed by atoms with Crippen LogP contribution < -0.4 is 0 Å². The minimum atomic E-state index is -0.818. The molecule has 0 aromatic rings. The molecule has 0 aliphatic carbocycles. The SMILES string of the molecule is CC1(C)OCCC(CO)(CO)O1. The van der Waals surface area contributed by atoms with E-state index in [0.717, 1.165) is 0 Å². The fourth-order valence-electron chi connectivity index (χ4n) is 1.36. The van der Waals surface area contributed by atoms with Crippen LogP contribution in [0.15, 0.2) is 0 Å². The molecule has 0 bridgehead atoms. The molecule has 0 amide bonds. The normalized spacial score (nSPS) is 27.0. The summed E-state index contributed by atoms with van der Waals surface area (Å²) in [5.41, 5.74) is -0.818. The minimum absolute atomic E-state index is 0.170. The lowest BCUT2D eigenvalue weighted by Crippen LogP contribution is -2.53. The smallest absolute Gasteiger partial charge is 0.163 e. The Bertz CT molecular complexity index is 151. The first-order chi connectivity index (χ1) is 5.54. The summed E-state index contributed by atoms with van der Waals surface area (Å²) >= 11 is 0. The molecular formula is C8H16O4. The predicted molar refractivity (Wildman–Crippen MR) is 42.6 cm³/mol. The summed E-state index contributed by atoms with van der Waals surface area (Å²) in [5, 5.41) is 18.1. The third kappa shape index (κ3) is 1.95. The Labute approximate surface area is 72.1 Å². The van der Waals surface area contributed by atoms with Crippen molar-refractivity contribution in [2.24, 2.45) is 0 Å². The molecule has 72 valence electrons. The second-order valence-electron chi connectivity index (χ2n) is 3.60. The second-order valence-corrected chi connectivity index (χ2v) is 3.60. The topological polar surface area (TPSA) is 58.9 Å². The highest BCUT2D eigenvalue weighted by atomic mass is 16.7. The fraction of sp³-hybridized carbons (Fsp3) is 1.00. The summed E-state index contributed by atoms with van der Waals surface area (Å²) in [7, 11) is 0. The van der Waals surface area contributed by atoms with E-state index in [2.05, 4.69) is 0 Å². The highest BCUT2D eigenvalue weighted by Crippen LogP contribution is 2.29. The Morgan fingerprint density at radius 3 is 2.17 bits per heavy atom.